The first-order chi connectivity index (χ1) is 3.84. The average Bonchev–Trinajstić information content (AvgIpc) is 2.14. The molecule has 1 aliphatic rings. The van der Waals surface area contributed by atoms with Crippen molar-refractivity contribution in [1.82, 2.24) is 5.32 Å². The predicted octanol–water partition coefficient (Wildman–Crippen LogP) is -1.30. The first-order valence-corrected chi connectivity index (χ1v) is 2.31. The Morgan fingerprint density at radius 3 is 2.88 bits per heavy atom. The smallest absolute Gasteiger partial charge is 0.242 e. The highest BCUT2D eigenvalue weighted by Crippen LogP contribution is 1.80. The van der Waals surface area contributed by atoms with E-state index < -0.39 is 0 Å². The van der Waals surface area contributed by atoms with Gasteiger partial charge in [0.25, 0.3) is 0 Å². The van der Waals surface area contributed by atoms with E-state index in [0.717, 1.165) is 0 Å². The van der Waals surface area contributed by atoms with Crippen molar-refractivity contribution >= 4 is 12.0 Å². The van der Waals surface area contributed by atoms with Gasteiger partial charge in [-0.25, -0.2) is 0 Å². The van der Waals surface area contributed by atoms with Crippen molar-refractivity contribution < 1.29 is 9.53 Å². The van der Waals surface area contributed by atoms with Gasteiger partial charge >= 0.3 is 0 Å². The number of carbonyl (C=O) groups is 1. The Labute approximate surface area is 46.4 Å². The summed E-state index contributed by atoms with van der Waals surface area (Å²) in [4.78, 5) is 9.90. The van der Waals surface area contributed by atoms with Crippen molar-refractivity contribution in [1.29, 1.82) is 0 Å². The zero-order valence-electron chi connectivity index (χ0n) is 4.26. The highest BCUT2D eigenvalue weighted by Gasteiger charge is 2.14. The largest absolute Gasteiger partial charge is 0.623 e. The molecule has 44 valence electrons. The number of aldehydes is 1. The summed E-state index contributed by atoms with van der Waals surface area (Å²) < 4.78 is 0.646. The molecule has 1 N–H and O–H groups in total. The van der Waals surface area contributed by atoms with Crippen LogP contribution in [0.4, 0.5) is 0 Å². The molecule has 0 aliphatic carbocycles. The van der Waals surface area contributed by atoms with Crippen LogP contribution in [0.25, 0.3) is 0 Å². The van der Waals surface area contributed by atoms with Gasteiger partial charge in [-0.1, -0.05) is 0 Å². The summed E-state index contributed by atoms with van der Waals surface area (Å²) in [6, 6.07) is 0. The summed E-state index contributed by atoms with van der Waals surface area (Å²) in [6.07, 6.45) is 0.576. The van der Waals surface area contributed by atoms with Crippen LogP contribution in [0, 0.1) is 5.21 Å². The first-order valence-electron chi connectivity index (χ1n) is 2.31. The number of nitrogens with one attached hydrogen (secondary N) is 1. The lowest BCUT2D eigenvalue weighted by molar-refractivity contribution is -0.451. The van der Waals surface area contributed by atoms with E-state index in [1.165, 1.54) is 0 Å². The molecule has 4 heteroatoms. The molecule has 8 heavy (non-hydrogen) atoms. The topological polar surface area (TPSA) is 55.2 Å². The summed E-state index contributed by atoms with van der Waals surface area (Å²) in [5.74, 6) is 0. The fourth-order valence-corrected chi connectivity index (χ4v) is 0.576. The van der Waals surface area contributed by atoms with Gasteiger partial charge in [0.15, 0.2) is 0 Å². The van der Waals surface area contributed by atoms with Crippen molar-refractivity contribution in [2.45, 2.75) is 0 Å². The Balaban J connectivity index is 2.72. The second kappa shape index (κ2) is 1.92. The second-order valence-electron chi connectivity index (χ2n) is 1.57. The molecule has 1 aliphatic heterocycles. The van der Waals surface area contributed by atoms with Gasteiger partial charge < -0.3 is 5.21 Å². The van der Waals surface area contributed by atoms with Crippen LogP contribution >= 0.6 is 0 Å². The fourth-order valence-electron chi connectivity index (χ4n) is 0.576. The Kier molecular flexibility index (Phi) is 1.26. The van der Waals surface area contributed by atoms with Gasteiger partial charge in [0.05, 0.1) is 6.54 Å². The maximum atomic E-state index is 10.4. The number of hydrogen-bond donors (Lipinski definition) is 1. The Morgan fingerprint density at radius 1 is 1.88 bits per heavy atom. The molecular weight excluding hydrogens is 108 g/mol. The van der Waals surface area contributed by atoms with Crippen molar-refractivity contribution in [3.05, 3.63) is 5.21 Å². The standard InChI is InChI=1S/C4H6N2O2/c7-2-4-1-5-3-6(4)8/h2,5H,1,3H2. The zero-order valence-corrected chi connectivity index (χ0v) is 4.26. The molecule has 4 nitrogen and oxygen atoms in total. The highest BCUT2D eigenvalue weighted by atomic mass is 16.5. The molecule has 0 radical (unpaired) electrons. The molecular formula is C4H6N2O2. The second-order valence-corrected chi connectivity index (χ2v) is 1.57. The summed E-state index contributed by atoms with van der Waals surface area (Å²) >= 11 is 0. The van der Waals surface area contributed by atoms with E-state index in [-0.39, 0.29) is 12.4 Å². The van der Waals surface area contributed by atoms with Crippen molar-refractivity contribution in [3.63, 3.8) is 0 Å². The number of carbonyl (C=O) groups excluding carboxylic acids is 1. The quantitative estimate of drug-likeness (QED) is 0.262. The normalized spacial score (nSPS) is 19.5. The Bertz CT molecular complexity index is 141. The highest BCUT2D eigenvalue weighted by molar-refractivity contribution is 6.27. The number of nitrogens with zero attached hydrogens (tertiary/aromatic N) is 1. The van der Waals surface area contributed by atoms with Crippen LogP contribution in [0.5, 0.6) is 0 Å². The van der Waals surface area contributed by atoms with Gasteiger partial charge in [-0.15, -0.1) is 0 Å². The minimum Gasteiger partial charge on any atom is -0.623 e. The van der Waals surface area contributed by atoms with E-state index in [2.05, 4.69) is 5.32 Å². The minimum absolute atomic E-state index is 0.244. The fraction of sp³-hybridized carbons (Fsp3) is 0.500. The average molecular weight is 114 g/mol. The predicted molar refractivity (Wildman–Crippen MR) is 27.6 cm³/mol. The maximum Gasteiger partial charge on any atom is 0.242 e. The summed E-state index contributed by atoms with van der Waals surface area (Å²) in [5, 5.41) is 13.1. The van der Waals surface area contributed by atoms with Crippen molar-refractivity contribution in [2.75, 3.05) is 13.2 Å². The molecule has 0 amide bonds. The molecule has 0 aromatic heterocycles. The van der Waals surface area contributed by atoms with Crippen LogP contribution in [0.3, 0.4) is 0 Å². The van der Waals surface area contributed by atoms with Crippen LogP contribution in [-0.4, -0.2) is 30.0 Å². The van der Waals surface area contributed by atoms with E-state index in [4.69, 9.17) is 0 Å². The third-order valence-corrected chi connectivity index (χ3v) is 1.02. The SMILES string of the molecule is O=CC1=[N+]([O-])CNC1. The van der Waals surface area contributed by atoms with E-state index in [9.17, 15) is 10.0 Å². The molecule has 0 bridgehead atoms. The summed E-state index contributed by atoms with van der Waals surface area (Å²) in [7, 11) is 0. The lowest BCUT2D eigenvalue weighted by atomic mass is 10.4. The van der Waals surface area contributed by atoms with Crippen LogP contribution in [0.2, 0.25) is 0 Å². The van der Waals surface area contributed by atoms with Gasteiger partial charge in [0.2, 0.25) is 18.7 Å². The van der Waals surface area contributed by atoms with Crippen molar-refractivity contribution in [2.24, 2.45) is 0 Å². The molecule has 1 heterocycles. The van der Waals surface area contributed by atoms with Gasteiger partial charge in [-0.05, 0) is 0 Å². The number of hydroxylamine groups is 1. The molecule has 1 rings (SSSR count). The third kappa shape index (κ3) is 0.696. The Morgan fingerprint density at radius 2 is 2.62 bits per heavy atom. The number of hydrogen-bond acceptors (Lipinski definition) is 3. The molecule has 0 atom stereocenters. The Hall–Kier alpha value is -0.900. The molecule has 0 aromatic rings. The summed E-state index contributed by atoms with van der Waals surface area (Å²) in [6.45, 7) is 0.654. The maximum absolute atomic E-state index is 10.4. The van der Waals surface area contributed by atoms with E-state index in [1.54, 1.807) is 0 Å². The van der Waals surface area contributed by atoms with E-state index in [1.807, 2.05) is 0 Å². The third-order valence-electron chi connectivity index (χ3n) is 1.02. The van der Waals surface area contributed by atoms with Gasteiger partial charge in [0.1, 0.15) is 0 Å². The van der Waals surface area contributed by atoms with E-state index in [0.29, 0.717) is 17.6 Å². The van der Waals surface area contributed by atoms with Crippen LogP contribution in [0.1, 0.15) is 0 Å². The minimum atomic E-state index is 0.244. The van der Waals surface area contributed by atoms with E-state index >= 15 is 0 Å². The molecule has 0 unspecified atom stereocenters. The molecule has 0 fully saturated rings. The molecule has 0 spiro atoms. The van der Waals surface area contributed by atoms with Crippen molar-refractivity contribution in [3.8, 4) is 0 Å². The monoisotopic (exact) mass is 114 g/mol. The van der Waals surface area contributed by atoms with Gasteiger partial charge in [-0.2, -0.15) is 4.74 Å². The van der Waals surface area contributed by atoms with Gasteiger partial charge in [-0.3, -0.25) is 10.1 Å². The molecule has 0 saturated carbocycles. The lowest BCUT2D eigenvalue weighted by Gasteiger charge is -1.92. The summed E-state index contributed by atoms with van der Waals surface area (Å²) in [5.41, 5.74) is 0.282. The van der Waals surface area contributed by atoms with Crippen LogP contribution < -0.4 is 5.32 Å². The zero-order chi connectivity index (χ0) is 5.98. The number of rotatable bonds is 1. The molecule has 0 saturated heterocycles. The van der Waals surface area contributed by atoms with Gasteiger partial charge in [0, 0.05) is 0 Å². The molecule has 0 aromatic carbocycles. The lowest BCUT2D eigenvalue weighted by Crippen LogP contribution is -2.13. The van der Waals surface area contributed by atoms with Crippen LogP contribution in [0.15, 0.2) is 0 Å². The first kappa shape index (κ1) is 5.24. The van der Waals surface area contributed by atoms with Crippen LogP contribution in [-0.2, 0) is 4.79 Å².